The van der Waals surface area contributed by atoms with E-state index in [4.69, 9.17) is 15.5 Å². The van der Waals surface area contributed by atoms with Crippen molar-refractivity contribution in [1.29, 1.82) is 0 Å². The Kier molecular flexibility index (Phi) is 4.55. The van der Waals surface area contributed by atoms with Crippen LogP contribution >= 0.6 is 0 Å². The van der Waals surface area contributed by atoms with Gasteiger partial charge in [0.1, 0.15) is 11.5 Å². The topological polar surface area (TPSA) is 66.5 Å². The molecule has 4 rings (SSSR count). The molecule has 2 aromatic carbocycles. The molecule has 0 spiro atoms. The van der Waals surface area contributed by atoms with E-state index in [1.165, 1.54) is 5.56 Å². The first-order chi connectivity index (χ1) is 13.4. The molecule has 6 nitrogen and oxygen atoms in total. The Balaban J connectivity index is 1.66. The van der Waals surface area contributed by atoms with Gasteiger partial charge in [0.15, 0.2) is 0 Å². The Bertz CT molecular complexity index is 990. The summed E-state index contributed by atoms with van der Waals surface area (Å²) < 4.78 is 6.21. The number of likely N-dealkylation sites (N-methyl/N-ethyl adjacent to an activating group) is 2. The van der Waals surface area contributed by atoms with Crippen molar-refractivity contribution in [3.05, 3.63) is 82.3 Å². The minimum absolute atomic E-state index is 0.460. The van der Waals surface area contributed by atoms with Gasteiger partial charge in [0.25, 0.3) is 0 Å². The molecule has 0 aliphatic carbocycles. The second-order valence-electron chi connectivity index (χ2n) is 7.32. The Morgan fingerprint density at radius 1 is 1.04 bits per heavy atom. The molecule has 0 saturated heterocycles. The third-order valence-electron chi connectivity index (χ3n) is 5.12. The molecule has 2 heterocycles. The summed E-state index contributed by atoms with van der Waals surface area (Å²) in [7, 11) is 3.85. The monoisotopic (exact) mass is 375 g/mol. The van der Waals surface area contributed by atoms with Crippen LogP contribution in [0.4, 0.5) is 0 Å². The summed E-state index contributed by atoms with van der Waals surface area (Å²) in [4.78, 5) is 6.89. The minimum atomic E-state index is -0.460. The molecular weight excluding hydrogens is 350 g/mol. The Hall–Kier alpha value is -3.28. The third kappa shape index (κ3) is 3.22. The summed E-state index contributed by atoms with van der Waals surface area (Å²) in [6, 6.07) is 16.4. The second-order valence-corrected chi connectivity index (χ2v) is 7.32. The number of aliphatic imine (C=N–C) groups is 1. The number of ether oxygens (including phenoxy) is 1. The Morgan fingerprint density at radius 2 is 1.75 bits per heavy atom. The molecule has 0 bridgehead atoms. The highest BCUT2D eigenvalue weighted by Crippen LogP contribution is 2.27. The van der Waals surface area contributed by atoms with Gasteiger partial charge in [0.05, 0.1) is 12.3 Å². The summed E-state index contributed by atoms with van der Waals surface area (Å²) in [6.07, 6.45) is -0.460. The van der Waals surface area contributed by atoms with Gasteiger partial charge in [0, 0.05) is 19.7 Å². The van der Waals surface area contributed by atoms with Crippen molar-refractivity contribution in [2.24, 2.45) is 15.8 Å². The molecule has 0 saturated carbocycles. The number of rotatable bonds is 3. The van der Waals surface area contributed by atoms with Crippen molar-refractivity contribution in [3.63, 3.8) is 0 Å². The normalized spacial score (nSPS) is 19.5. The van der Waals surface area contributed by atoms with E-state index in [2.05, 4.69) is 36.3 Å². The Labute approximate surface area is 165 Å². The lowest BCUT2D eigenvalue weighted by atomic mass is 10.1. The van der Waals surface area contributed by atoms with E-state index >= 15 is 0 Å². The molecule has 1 unspecified atom stereocenters. The summed E-state index contributed by atoms with van der Waals surface area (Å²) in [5.74, 6) is 1.19. The number of nitrogens with zero attached hydrogens (tertiary/aromatic N) is 4. The van der Waals surface area contributed by atoms with Gasteiger partial charge in [-0.2, -0.15) is 0 Å². The first-order valence-electron chi connectivity index (χ1n) is 9.33. The lowest BCUT2D eigenvalue weighted by molar-refractivity contribution is 0.106. The van der Waals surface area contributed by atoms with E-state index in [0.717, 1.165) is 22.4 Å². The molecule has 0 aromatic heterocycles. The maximum atomic E-state index is 6.38. The number of nitrogens with two attached hydrogens (primary N) is 1. The third-order valence-corrected chi connectivity index (χ3v) is 5.12. The average Bonchev–Trinajstić information content (AvgIpc) is 3.06. The lowest BCUT2D eigenvalue weighted by Crippen LogP contribution is -2.39. The van der Waals surface area contributed by atoms with Crippen molar-refractivity contribution >= 4 is 11.6 Å². The molecule has 28 heavy (non-hydrogen) atoms. The van der Waals surface area contributed by atoms with Gasteiger partial charge in [0.2, 0.25) is 12.1 Å². The molecule has 0 amide bonds. The van der Waals surface area contributed by atoms with Crippen LogP contribution in [0.2, 0.25) is 0 Å². The van der Waals surface area contributed by atoms with Gasteiger partial charge in [-0.3, -0.25) is 5.01 Å². The van der Waals surface area contributed by atoms with E-state index in [0.29, 0.717) is 24.0 Å². The number of hydrogen-bond donors (Lipinski definition) is 1. The molecule has 0 fully saturated rings. The van der Waals surface area contributed by atoms with Crippen LogP contribution < -0.4 is 5.73 Å². The highest BCUT2D eigenvalue weighted by Gasteiger charge is 2.34. The number of aryl methyl sites for hydroxylation is 2. The molecule has 2 N–H and O–H groups in total. The zero-order chi connectivity index (χ0) is 19.8. The van der Waals surface area contributed by atoms with Crippen molar-refractivity contribution in [2.75, 3.05) is 20.6 Å². The van der Waals surface area contributed by atoms with Crippen molar-refractivity contribution < 1.29 is 4.74 Å². The molecule has 0 radical (unpaired) electrons. The average molecular weight is 375 g/mol. The molecule has 1 atom stereocenters. The van der Waals surface area contributed by atoms with E-state index < -0.39 is 6.23 Å². The molecule has 2 aromatic rings. The smallest absolute Gasteiger partial charge is 0.240 e. The highest BCUT2D eigenvalue weighted by molar-refractivity contribution is 6.03. The maximum absolute atomic E-state index is 6.38. The fourth-order valence-electron chi connectivity index (χ4n) is 3.39. The summed E-state index contributed by atoms with van der Waals surface area (Å²) >= 11 is 0. The van der Waals surface area contributed by atoms with E-state index in [1.807, 2.05) is 50.2 Å². The van der Waals surface area contributed by atoms with Gasteiger partial charge in [-0.1, -0.05) is 48.0 Å². The predicted octanol–water partition coefficient (Wildman–Crippen LogP) is 2.82. The van der Waals surface area contributed by atoms with Crippen molar-refractivity contribution in [3.8, 4) is 0 Å². The van der Waals surface area contributed by atoms with Crippen LogP contribution in [0.3, 0.4) is 0 Å². The highest BCUT2D eigenvalue weighted by atomic mass is 16.5. The van der Waals surface area contributed by atoms with Crippen LogP contribution in [0, 0.1) is 13.8 Å². The number of benzene rings is 2. The number of hydrazone groups is 1. The quantitative estimate of drug-likeness (QED) is 0.896. The van der Waals surface area contributed by atoms with Crippen molar-refractivity contribution in [1.82, 2.24) is 9.91 Å². The van der Waals surface area contributed by atoms with E-state index in [9.17, 15) is 0 Å². The van der Waals surface area contributed by atoms with Gasteiger partial charge in [-0.25, -0.2) is 4.99 Å². The van der Waals surface area contributed by atoms with Crippen molar-refractivity contribution in [2.45, 2.75) is 20.1 Å². The molecule has 2 aliphatic heterocycles. The van der Waals surface area contributed by atoms with Gasteiger partial charge in [-0.05, 0) is 31.0 Å². The lowest BCUT2D eigenvalue weighted by Gasteiger charge is -2.30. The molecule has 2 aliphatic rings. The fourth-order valence-corrected chi connectivity index (χ4v) is 3.39. The Morgan fingerprint density at radius 3 is 2.46 bits per heavy atom. The zero-order valence-corrected chi connectivity index (χ0v) is 16.7. The SMILES string of the molecule is Cc1ccc(C2=NC(C3OC(c4ccccc4C)=NN3C)=C(N)N(C)C2)cc1. The van der Waals surface area contributed by atoms with Crippen LogP contribution in [0.15, 0.2) is 70.1 Å². The zero-order valence-electron chi connectivity index (χ0n) is 16.7. The maximum Gasteiger partial charge on any atom is 0.240 e. The van der Waals surface area contributed by atoms with E-state index in [1.54, 1.807) is 5.01 Å². The van der Waals surface area contributed by atoms with Crippen LogP contribution in [-0.2, 0) is 4.74 Å². The van der Waals surface area contributed by atoms with E-state index in [-0.39, 0.29) is 0 Å². The molecular formula is C22H25N5O. The fraction of sp³-hybridized carbons (Fsp3) is 0.273. The summed E-state index contributed by atoms with van der Waals surface area (Å²) in [5, 5.41) is 6.37. The standard InChI is InChI=1S/C22H25N5O/c1-14-9-11-16(12-10-14)18-13-26(3)20(23)19(24-18)22-27(4)25-21(28-22)17-8-6-5-7-15(17)2/h5-12,22H,13,23H2,1-4H3. The van der Waals surface area contributed by atoms with Crippen LogP contribution in [0.25, 0.3) is 0 Å². The minimum Gasteiger partial charge on any atom is -0.444 e. The summed E-state index contributed by atoms with van der Waals surface area (Å²) in [6.45, 7) is 4.78. The molecule has 144 valence electrons. The van der Waals surface area contributed by atoms with Gasteiger partial charge >= 0.3 is 0 Å². The first-order valence-corrected chi connectivity index (χ1v) is 9.33. The molecule has 6 heteroatoms. The van der Waals surface area contributed by atoms with Gasteiger partial charge in [-0.15, -0.1) is 5.10 Å². The first kappa shape index (κ1) is 18.1. The van der Waals surface area contributed by atoms with Crippen LogP contribution in [-0.4, -0.2) is 48.4 Å². The second kappa shape index (κ2) is 7.03. The summed E-state index contributed by atoms with van der Waals surface area (Å²) in [5.41, 5.74) is 12.4. The largest absolute Gasteiger partial charge is 0.444 e. The predicted molar refractivity (Wildman–Crippen MR) is 112 cm³/mol. The van der Waals surface area contributed by atoms with Crippen LogP contribution in [0.5, 0.6) is 0 Å². The van der Waals surface area contributed by atoms with Crippen LogP contribution in [0.1, 0.15) is 22.3 Å². The van der Waals surface area contributed by atoms with Gasteiger partial charge < -0.3 is 15.4 Å². The number of hydrogen-bond acceptors (Lipinski definition) is 6.